The summed E-state index contributed by atoms with van der Waals surface area (Å²) in [6.45, 7) is 4.68. The summed E-state index contributed by atoms with van der Waals surface area (Å²) in [5.74, 6) is -0.126. The lowest BCUT2D eigenvalue weighted by molar-refractivity contribution is -0.112. The minimum absolute atomic E-state index is 0.0458. The molecule has 4 heteroatoms. The Morgan fingerprint density at radius 3 is 2.46 bits per heavy atom. The summed E-state index contributed by atoms with van der Waals surface area (Å²) >= 11 is 0. The van der Waals surface area contributed by atoms with Crippen LogP contribution in [0.1, 0.15) is 30.9 Å². The summed E-state index contributed by atoms with van der Waals surface area (Å²) in [6, 6.07) is 19.4. The van der Waals surface area contributed by atoms with Gasteiger partial charge >= 0.3 is 0 Å². The second-order valence-electron chi connectivity index (χ2n) is 5.73. The van der Waals surface area contributed by atoms with E-state index in [0.717, 1.165) is 16.8 Å². The quantitative estimate of drug-likeness (QED) is 0.626. The number of amides is 1. The van der Waals surface area contributed by atoms with Crippen molar-refractivity contribution >= 4 is 11.6 Å². The third-order valence-corrected chi connectivity index (χ3v) is 3.59. The Balaban J connectivity index is 2.04. The molecule has 0 saturated heterocycles. The summed E-state index contributed by atoms with van der Waals surface area (Å²) in [5, 5.41) is 15.1. The van der Waals surface area contributed by atoms with Gasteiger partial charge in [0.15, 0.2) is 0 Å². The molecule has 0 atom stereocenters. The van der Waals surface area contributed by atoms with Crippen LogP contribution in [-0.2, 0) is 11.3 Å². The lowest BCUT2D eigenvalue weighted by Crippen LogP contribution is -2.17. The van der Waals surface area contributed by atoms with Crippen molar-refractivity contribution < 1.29 is 4.79 Å². The molecule has 0 radical (unpaired) electrons. The zero-order chi connectivity index (χ0) is 17.4. The van der Waals surface area contributed by atoms with E-state index in [4.69, 9.17) is 0 Å². The first kappa shape index (κ1) is 17.3. The molecule has 0 unspecified atom stereocenters. The maximum Gasteiger partial charge on any atom is 0.267 e. The molecule has 0 spiro atoms. The highest BCUT2D eigenvalue weighted by molar-refractivity contribution is 6.06. The van der Waals surface area contributed by atoms with Gasteiger partial charge in [-0.25, -0.2) is 0 Å². The van der Waals surface area contributed by atoms with Crippen LogP contribution >= 0.6 is 0 Å². The maximum absolute atomic E-state index is 12.3. The molecular formula is C20H21N3O. The number of nitrogens with zero attached hydrogens (tertiary/aromatic N) is 1. The van der Waals surface area contributed by atoms with Crippen LogP contribution in [0.3, 0.4) is 0 Å². The van der Waals surface area contributed by atoms with Crippen molar-refractivity contribution in [3.8, 4) is 6.07 Å². The highest BCUT2D eigenvalue weighted by Crippen LogP contribution is 2.23. The molecule has 0 bridgehead atoms. The second kappa shape index (κ2) is 8.54. The molecule has 2 N–H and O–H groups in total. The van der Waals surface area contributed by atoms with E-state index in [9.17, 15) is 10.1 Å². The van der Waals surface area contributed by atoms with Gasteiger partial charge in [-0.15, -0.1) is 0 Å². The predicted octanol–water partition coefficient (Wildman–Crippen LogP) is 3.95. The van der Waals surface area contributed by atoms with Crippen LogP contribution < -0.4 is 10.6 Å². The molecule has 2 aromatic rings. The fourth-order valence-corrected chi connectivity index (χ4v) is 2.32. The Bertz CT molecular complexity index is 758. The highest BCUT2D eigenvalue weighted by atomic mass is 16.1. The number of carbonyl (C=O) groups is 1. The molecule has 0 aliphatic heterocycles. The minimum Gasteiger partial charge on any atom is -0.386 e. The van der Waals surface area contributed by atoms with Gasteiger partial charge in [-0.3, -0.25) is 4.79 Å². The van der Waals surface area contributed by atoms with E-state index >= 15 is 0 Å². The molecule has 24 heavy (non-hydrogen) atoms. The topological polar surface area (TPSA) is 64.9 Å². The number of nitriles is 1. The number of rotatable bonds is 6. The van der Waals surface area contributed by atoms with Crippen LogP contribution in [0.25, 0.3) is 0 Å². The number of para-hydroxylation sites is 1. The summed E-state index contributed by atoms with van der Waals surface area (Å²) in [4.78, 5) is 12.3. The maximum atomic E-state index is 12.3. The molecule has 1 amide bonds. The summed E-state index contributed by atoms with van der Waals surface area (Å²) in [6.07, 6.45) is 1.46. The Kier molecular flexibility index (Phi) is 6.16. The van der Waals surface area contributed by atoms with Gasteiger partial charge in [0.25, 0.3) is 5.91 Å². The molecule has 122 valence electrons. The standard InChI is InChI=1S/C20H21N3O/c1-15(2)18-10-6-7-11-19(18)23-20(24)17(12-21)14-22-13-16-8-4-3-5-9-16/h3-11,14-15,22H,13H2,1-2H3,(H,23,24)/b17-14-. The number of anilines is 1. The Hall–Kier alpha value is -3.06. The molecule has 0 aromatic heterocycles. The van der Waals surface area contributed by atoms with Crippen LogP contribution in [0.15, 0.2) is 66.4 Å². The van der Waals surface area contributed by atoms with E-state index in [1.807, 2.05) is 60.7 Å². The molecule has 4 nitrogen and oxygen atoms in total. The van der Waals surface area contributed by atoms with Gasteiger partial charge in [0, 0.05) is 18.4 Å². The molecule has 0 heterocycles. The molecule has 2 rings (SSSR count). The summed E-state index contributed by atoms with van der Waals surface area (Å²) in [5.41, 5.74) is 2.91. The number of hydrogen-bond donors (Lipinski definition) is 2. The van der Waals surface area contributed by atoms with Crippen molar-refractivity contribution in [3.63, 3.8) is 0 Å². The summed E-state index contributed by atoms with van der Waals surface area (Å²) in [7, 11) is 0. The number of nitrogens with one attached hydrogen (secondary N) is 2. The molecular weight excluding hydrogens is 298 g/mol. The fraction of sp³-hybridized carbons (Fsp3) is 0.200. The van der Waals surface area contributed by atoms with E-state index in [1.165, 1.54) is 6.20 Å². The third kappa shape index (κ3) is 4.72. The van der Waals surface area contributed by atoms with Gasteiger partial charge in [0.1, 0.15) is 11.6 Å². The van der Waals surface area contributed by atoms with E-state index in [2.05, 4.69) is 24.5 Å². The van der Waals surface area contributed by atoms with E-state index in [0.29, 0.717) is 6.54 Å². The zero-order valence-electron chi connectivity index (χ0n) is 13.9. The Morgan fingerprint density at radius 1 is 1.12 bits per heavy atom. The van der Waals surface area contributed by atoms with Gasteiger partial charge in [-0.1, -0.05) is 62.4 Å². The van der Waals surface area contributed by atoms with Crippen LogP contribution in [-0.4, -0.2) is 5.91 Å². The van der Waals surface area contributed by atoms with Crippen molar-refractivity contribution in [2.75, 3.05) is 5.32 Å². The van der Waals surface area contributed by atoms with Crippen molar-refractivity contribution in [3.05, 3.63) is 77.5 Å². The van der Waals surface area contributed by atoms with Crippen LogP contribution in [0.4, 0.5) is 5.69 Å². The van der Waals surface area contributed by atoms with E-state index in [1.54, 1.807) is 0 Å². The third-order valence-electron chi connectivity index (χ3n) is 3.59. The first-order valence-corrected chi connectivity index (χ1v) is 7.89. The number of benzene rings is 2. The van der Waals surface area contributed by atoms with Crippen molar-refractivity contribution in [1.82, 2.24) is 5.32 Å². The lowest BCUT2D eigenvalue weighted by Gasteiger charge is -2.13. The van der Waals surface area contributed by atoms with Gasteiger partial charge in [-0.2, -0.15) is 5.26 Å². The zero-order valence-corrected chi connectivity index (χ0v) is 13.9. The monoisotopic (exact) mass is 319 g/mol. The normalized spacial score (nSPS) is 11.0. The van der Waals surface area contributed by atoms with Crippen molar-refractivity contribution in [1.29, 1.82) is 5.26 Å². The first-order chi connectivity index (χ1) is 11.6. The van der Waals surface area contributed by atoms with Crippen LogP contribution in [0.2, 0.25) is 0 Å². The fourth-order valence-electron chi connectivity index (χ4n) is 2.32. The van der Waals surface area contributed by atoms with Gasteiger partial charge in [-0.05, 0) is 23.1 Å². The molecule has 2 aromatic carbocycles. The molecule has 0 fully saturated rings. The lowest BCUT2D eigenvalue weighted by atomic mass is 10.0. The highest BCUT2D eigenvalue weighted by Gasteiger charge is 2.12. The average Bonchev–Trinajstić information content (AvgIpc) is 2.60. The van der Waals surface area contributed by atoms with Gasteiger partial charge in [0.05, 0.1) is 0 Å². The number of carbonyl (C=O) groups excluding carboxylic acids is 1. The average molecular weight is 319 g/mol. The van der Waals surface area contributed by atoms with E-state index in [-0.39, 0.29) is 11.5 Å². The largest absolute Gasteiger partial charge is 0.386 e. The van der Waals surface area contributed by atoms with Crippen molar-refractivity contribution in [2.24, 2.45) is 0 Å². The molecule has 0 aliphatic carbocycles. The SMILES string of the molecule is CC(C)c1ccccc1NC(=O)/C(C#N)=C\NCc1ccccc1. The smallest absolute Gasteiger partial charge is 0.267 e. The van der Waals surface area contributed by atoms with Gasteiger partial charge < -0.3 is 10.6 Å². The van der Waals surface area contributed by atoms with Gasteiger partial charge in [0.2, 0.25) is 0 Å². The van der Waals surface area contributed by atoms with Crippen molar-refractivity contribution in [2.45, 2.75) is 26.3 Å². The molecule has 0 saturated carbocycles. The summed E-state index contributed by atoms with van der Waals surface area (Å²) < 4.78 is 0. The molecule has 0 aliphatic rings. The minimum atomic E-state index is -0.411. The predicted molar refractivity (Wildman–Crippen MR) is 96.1 cm³/mol. The van der Waals surface area contributed by atoms with Crippen LogP contribution in [0.5, 0.6) is 0 Å². The first-order valence-electron chi connectivity index (χ1n) is 7.89. The Morgan fingerprint density at radius 2 is 1.79 bits per heavy atom. The number of hydrogen-bond acceptors (Lipinski definition) is 3. The second-order valence-corrected chi connectivity index (χ2v) is 5.73. The van der Waals surface area contributed by atoms with Crippen LogP contribution in [0, 0.1) is 11.3 Å². The Labute approximate surface area is 142 Å². The van der Waals surface area contributed by atoms with E-state index < -0.39 is 5.91 Å².